The molecule has 24 heavy (non-hydrogen) atoms. The number of oxazole rings is 1. The first kappa shape index (κ1) is 16.6. The SMILES string of the molecule is O=C(C=Cc1nc2ccccc2o1)NNc1c(Cl)cc(Cl)cc1Cl. The molecule has 0 aliphatic rings. The number of para-hydroxylation sites is 2. The lowest BCUT2D eigenvalue weighted by Gasteiger charge is -2.10. The second-order valence-corrected chi connectivity index (χ2v) is 5.96. The molecule has 0 spiro atoms. The van der Waals surface area contributed by atoms with E-state index in [0.717, 1.165) is 5.52 Å². The van der Waals surface area contributed by atoms with Gasteiger partial charge in [-0.2, -0.15) is 0 Å². The van der Waals surface area contributed by atoms with Gasteiger partial charge >= 0.3 is 0 Å². The Labute approximate surface area is 152 Å². The van der Waals surface area contributed by atoms with Gasteiger partial charge in [-0.1, -0.05) is 46.9 Å². The monoisotopic (exact) mass is 381 g/mol. The molecule has 5 nitrogen and oxygen atoms in total. The number of benzene rings is 2. The highest BCUT2D eigenvalue weighted by Gasteiger charge is 2.08. The maximum absolute atomic E-state index is 11.9. The van der Waals surface area contributed by atoms with Gasteiger partial charge in [0.25, 0.3) is 5.91 Å². The van der Waals surface area contributed by atoms with E-state index in [9.17, 15) is 4.79 Å². The van der Waals surface area contributed by atoms with Crippen molar-refractivity contribution in [2.45, 2.75) is 0 Å². The molecule has 0 saturated heterocycles. The third-order valence-electron chi connectivity index (χ3n) is 3.01. The van der Waals surface area contributed by atoms with E-state index in [-0.39, 0.29) is 10.0 Å². The van der Waals surface area contributed by atoms with Gasteiger partial charge in [0.05, 0.1) is 15.7 Å². The number of fused-ring (bicyclic) bond motifs is 1. The fourth-order valence-corrected chi connectivity index (χ4v) is 2.85. The van der Waals surface area contributed by atoms with Gasteiger partial charge in [0, 0.05) is 17.2 Å². The minimum atomic E-state index is -0.431. The molecule has 0 aliphatic carbocycles. The average molecular weight is 383 g/mol. The lowest BCUT2D eigenvalue weighted by atomic mass is 10.3. The quantitative estimate of drug-likeness (QED) is 0.495. The van der Waals surface area contributed by atoms with E-state index < -0.39 is 5.91 Å². The fraction of sp³-hybridized carbons (Fsp3) is 0. The Morgan fingerprint density at radius 1 is 1.12 bits per heavy atom. The van der Waals surface area contributed by atoms with Gasteiger partial charge in [-0.3, -0.25) is 15.6 Å². The smallest absolute Gasteiger partial charge is 0.262 e. The van der Waals surface area contributed by atoms with Crippen molar-refractivity contribution < 1.29 is 9.21 Å². The Morgan fingerprint density at radius 2 is 1.83 bits per heavy atom. The van der Waals surface area contributed by atoms with Crippen LogP contribution in [-0.4, -0.2) is 10.9 Å². The number of hydrazine groups is 1. The van der Waals surface area contributed by atoms with Crippen molar-refractivity contribution in [2.75, 3.05) is 5.43 Å². The van der Waals surface area contributed by atoms with Crippen molar-refractivity contribution in [1.82, 2.24) is 10.4 Å². The van der Waals surface area contributed by atoms with E-state index in [0.29, 0.717) is 22.2 Å². The van der Waals surface area contributed by atoms with Crippen molar-refractivity contribution in [3.05, 3.63) is 63.4 Å². The number of amides is 1. The molecule has 122 valence electrons. The molecule has 3 aromatic rings. The predicted molar refractivity (Wildman–Crippen MR) is 96.3 cm³/mol. The summed E-state index contributed by atoms with van der Waals surface area (Å²) in [5.74, 6) is -0.103. The van der Waals surface area contributed by atoms with Crippen LogP contribution in [0.1, 0.15) is 5.89 Å². The zero-order chi connectivity index (χ0) is 17.1. The van der Waals surface area contributed by atoms with Crippen LogP contribution in [0.3, 0.4) is 0 Å². The van der Waals surface area contributed by atoms with Gasteiger partial charge in [0.1, 0.15) is 5.52 Å². The van der Waals surface area contributed by atoms with Crippen LogP contribution >= 0.6 is 34.8 Å². The molecule has 0 aliphatic heterocycles. The van der Waals surface area contributed by atoms with Crippen LogP contribution in [-0.2, 0) is 4.79 Å². The first-order valence-corrected chi connectivity index (χ1v) is 7.90. The molecule has 0 atom stereocenters. The maximum atomic E-state index is 11.9. The minimum Gasteiger partial charge on any atom is -0.437 e. The molecule has 0 bridgehead atoms. The largest absolute Gasteiger partial charge is 0.437 e. The molecule has 8 heteroatoms. The minimum absolute atomic E-state index is 0.288. The van der Waals surface area contributed by atoms with Crippen LogP contribution in [0.15, 0.2) is 46.9 Å². The first-order chi connectivity index (χ1) is 11.5. The van der Waals surface area contributed by atoms with Crippen LogP contribution in [0.5, 0.6) is 0 Å². The van der Waals surface area contributed by atoms with E-state index in [2.05, 4.69) is 15.8 Å². The van der Waals surface area contributed by atoms with Crippen molar-refractivity contribution >= 4 is 63.6 Å². The van der Waals surface area contributed by atoms with E-state index in [4.69, 9.17) is 39.2 Å². The highest BCUT2D eigenvalue weighted by Crippen LogP contribution is 2.33. The topological polar surface area (TPSA) is 67.2 Å². The van der Waals surface area contributed by atoms with Gasteiger partial charge in [-0.15, -0.1) is 0 Å². The third kappa shape index (κ3) is 3.82. The molecular weight excluding hydrogens is 373 g/mol. The Morgan fingerprint density at radius 3 is 2.54 bits per heavy atom. The Hall–Kier alpha value is -2.21. The van der Waals surface area contributed by atoms with Crippen molar-refractivity contribution in [1.29, 1.82) is 0 Å². The van der Waals surface area contributed by atoms with Gasteiger partial charge in [-0.25, -0.2) is 4.98 Å². The standard InChI is InChI=1S/C16H10Cl3N3O2/c17-9-7-10(18)16(11(19)8-9)22-21-14(23)5-6-15-20-12-3-1-2-4-13(12)24-15/h1-8,22H,(H,21,23). The Balaban J connectivity index is 1.65. The van der Waals surface area contributed by atoms with E-state index in [1.54, 1.807) is 6.07 Å². The Bertz CT molecular complexity index is 881. The summed E-state index contributed by atoms with van der Waals surface area (Å²) in [5, 5.41) is 0.976. The highest BCUT2D eigenvalue weighted by molar-refractivity contribution is 6.41. The molecule has 0 unspecified atom stereocenters. The second-order valence-electron chi connectivity index (χ2n) is 4.71. The molecular formula is C16H10Cl3N3O2. The summed E-state index contributed by atoms with van der Waals surface area (Å²) in [5.41, 5.74) is 6.81. The summed E-state index contributed by atoms with van der Waals surface area (Å²) in [6.45, 7) is 0. The average Bonchev–Trinajstić information content (AvgIpc) is 2.94. The van der Waals surface area contributed by atoms with Crippen LogP contribution < -0.4 is 10.9 Å². The fourth-order valence-electron chi connectivity index (χ4n) is 1.94. The number of nitrogens with one attached hydrogen (secondary N) is 2. The third-order valence-corrected chi connectivity index (χ3v) is 3.82. The van der Waals surface area contributed by atoms with Crippen LogP contribution in [0.2, 0.25) is 15.1 Å². The molecule has 1 amide bonds. The highest BCUT2D eigenvalue weighted by atomic mass is 35.5. The molecule has 1 heterocycles. The summed E-state index contributed by atoms with van der Waals surface area (Å²) in [6, 6.07) is 10.3. The molecule has 2 aromatic carbocycles. The van der Waals surface area contributed by atoms with Crippen LogP contribution in [0, 0.1) is 0 Å². The van der Waals surface area contributed by atoms with Crippen molar-refractivity contribution in [3.8, 4) is 0 Å². The molecule has 0 saturated carbocycles. The van der Waals surface area contributed by atoms with Crippen LogP contribution in [0.25, 0.3) is 17.2 Å². The zero-order valence-electron chi connectivity index (χ0n) is 12.0. The number of carbonyl (C=O) groups excluding carboxylic acids is 1. The van der Waals surface area contributed by atoms with E-state index in [1.165, 1.54) is 24.3 Å². The maximum Gasteiger partial charge on any atom is 0.262 e. The molecule has 0 radical (unpaired) electrons. The number of rotatable bonds is 4. The molecule has 3 rings (SSSR count). The van der Waals surface area contributed by atoms with Gasteiger partial charge in [0.2, 0.25) is 5.89 Å². The number of nitrogens with zero attached hydrogens (tertiary/aromatic N) is 1. The van der Waals surface area contributed by atoms with Gasteiger partial charge in [0.15, 0.2) is 5.58 Å². The molecule has 0 fully saturated rings. The van der Waals surface area contributed by atoms with E-state index >= 15 is 0 Å². The number of aromatic nitrogens is 1. The summed E-state index contributed by atoms with van der Waals surface area (Å²) >= 11 is 17.8. The summed E-state index contributed by atoms with van der Waals surface area (Å²) in [4.78, 5) is 16.1. The molecule has 1 aromatic heterocycles. The summed E-state index contributed by atoms with van der Waals surface area (Å²) in [7, 11) is 0. The number of anilines is 1. The zero-order valence-corrected chi connectivity index (χ0v) is 14.3. The normalized spacial score (nSPS) is 11.1. The lowest BCUT2D eigenvalue weighted by Crippen LogP contribution is -2.27. The molecule has 2 N–H and O–H groups in total. The van der Waals surface area contributed by atoms with Gasteiger partial charge in [-0.05, 0) is 24.3 Å². The number of hydrogen-bond donors (Lipinski definition) is 2. The summed E-state index contributed by atoms with van der Waals surface area (Å²) < 4.78 is 5.48. The predicted octanol–water partition coefficient (Wildman–Crippen LogP) is 4.94. The number of hydrogen-bond acceptors (Lipinski definition) is 4. The number of carbonyl (C=O) groups is 1. The second kappa shape index (κ2) is 7.13. The van der Waals surface area contributed by atoms with Gasteiger partial charge < -0.3 is 4.42 Å². The van der Waals surface area contributed by atoms with Crippen molar-refractivity contribution in [2.24, 2.45) is 0 Å². The van der Waals surface area contributed by atoms with Crippen molar-refractivity contribution in [3.63, 3.8) is 0 Å². The Kier molecular flexibility index (Phi) is 4.94. The van der Waals surface area contributed by atoms with E-state index in [1.807, 2.05) is 18.2 Å². The number of halogens is 3. The summed E-state index contributed by atoms with van der Waals surface area (Å²) in [6.07, 6.45) is 2.73. The first-order valence-electron chi connectivity index (χ1n) is 6.77. The van der Waals surface area contributed by atoms with Crippen LogP contribution in [0.4, 0.5) is 5.69 Å². The lowest BCUT2D eigenvalue weighted by molar-refractivity contribution is -0.116.